The molecule has 1 aromatic carbocycles. The van der Waals surface area contributed by atoms with Crippen LogP contribution in [0.1, 0.15) is 31.2 Å². The van der Waals surface area contributed by atoms with Gasteiger partial charge in [-0.1, -0.05) is 36.8 Å². The Morgan fingerprint density at radius 3 is 2.74 bits per heavy atom. The molecule has 4 heteroatoms. The van der Waals surface area contributed by atoms with Crippen LogP contribution in [0.15, 0.2) is 35.4 Å². The molecule has 2 aliphatic carbocycles. The van der Waals surface area contributed by atoms with Crippen LogP contribution < -0.4 is 10.7 Å². The van der Waals surface area contributed by atoms with Crippen LogP contribution in [-0.2, 0) is 0 Å². The van der Waals surface area contributed by atoms with Crippen LogP contribution in [0, 0.1) is 11.8 Å². The summed E-state index contributed by atoms with van der Waals surface area (Å²) in [5.74, 6) is 1.75. The SMILES string of the molecule is S=C(N/N=C\c1ccccc1)N[C@H]1C[C@@H]2CC[C@@H]1C2. The molecule has 3 nitrogen and oxygen atoms in total. The zero-order valence-corrected chi connectivity index (χ0v) is 11.7. The first-order chi connectivity index (χ1) is 9.31. The first-order valence-corrected chi connectivity index (χ1v) is 7.37. The van der Waals surface area contributed by atoms with Crippen molar-refractivity contribution in [3.8, 4) is 0 Å². The van der Waals surface area contributed by atoms with E-state index in [-0.39, 0.29) is 0 Å². The maximum absolute atomic E-state index is 5.29. The van der Waals surface area contributed by atoms with E-state index in [1.54, 1.807) is 6.21 Å². The van der Waals surface area contributed by atoms with Crippen molar-refractivity contribution < 1.29 is 0 Å². The van der Waals surface area contributed by atoms with Crippen molar-refractivity contribution in [2.45, 2.75) is 31.7 Å². The zero-order valence-electron chi connectivity index (χ0n) is 10.9. The average Bonchev–Trinajstić information content (AvgIpc) is 3.02. The Balaban J connectivity index is 1.46. The largest absolute Gasteiger partial charge is 0.358 e. The van der Waals surface area contributed by atoms with Gasteiger partial charge in [-0.3, -0.25) is 5.43 Å². The van der Waals surface area contributed by atoms with Crippen molar-refractivity contribution in [1.82, 2.24) is 10.7 Å². The van der Waals surface area contributed by atoms with Gasteiger partial charge in [0.05, 0.1) is 6.21 Å². The summed E-state index contributed by atoms with van der Waals surface area (Å²) in [6.45, 7) is 0. The third-order valence-electron chi connectivity index (χ3n) is 4.23. The van der Waals surface area contributed by atoms with Gasteiger partial charge in [-0.25, -0.2) is 0 Å². The van der Waals surface area contributed by atoms with Gasteiger partial charge < -0.3 is 5.32 Å². The number of rotatable bonds is 3. The van der Waals surface area contributed by atoms with Crippen molar-refractivity contribution in [3.05, 3.63) is 35.9 Å². The predicted molar refractivity (Wildman–Crippen MR) is 82.1 cm³/mol. The molecule has 1 aromatic rings. The van der Waals surface area contributed by atoms with E-state index < -0.39 is 0 Å². The lowest BCUT2D eigenvalue weighted by Crippen LogP contribution is -2.42. The van der Waals surface area contributed by atoms with Gasteiger partial charge in [0.25, 0.3) is 0 Å². The second-order valence-corrected chi connectivity index (χ2v) is 5.94. The van der Waals surface area contributed by atoms with E-state index in [9.17, 15) is 0 Å². The Hall–Kier alpha value is -1.42. The molecule has 2 aliphatic rings. The molecular weight excluding hydrogens is 254 g/mol. The minimum atomic E-state index is 0.561. The Morgan fingerprint density at radius 2 is 2.05 bits per heavy atom. The molecule has 3 atom stereocenters. The van der Waals surface area contributed by atoms with E-state index in [1.807, 2.05) is 30.3 Å². The highest BCUT2D eigenvalue weighted by Gasteiger charge is 2.39. The molecule has 0 saturated heterocycles. The average molecular weight is 273 g/mol. The first kappa shape index (κ1) is 12.6. The van der Waals surface area contributed by atoms with Crippen LogP contribution in [0.5, 0.6) is 0 Å². The molecule has 0 heterocycles. The molecule has 0 aromatic heterocycles. The number of fused-ring (bicyclic) bond motifs is 2. The topological polar surface area (TPSA) is 36.4 Å². The monoisotopic (exact) mass is 273 g/mol. The number of nitrogens with zero attached hydrogens (tertiary/aromatic N) is 1. The number of hydrogen-bond acceptors (Lipinski definition) is 2. The molecule has 2 bridgehead atoms. The second-order valence-electron chi connectivity index (χ2n) is 5.54. The highest BCUT2D eigenvalue weighted by molar-refractivity contribution is 7.80. The van der Waals surface area contributed by atoms with Crippen molar-refractivity contribution >= 4 is 23.5 Å². The summed E-state index contributed by atoms with van der Waals surface area (Å²) < 4.78 is 0. The highest BCUT2D eigenvalue weighted by Crippen LogP contribution is 2.44. The summed E-state index contributed by atoms with van der Waals surface area (Å²) >= 11 is 5.29. The molecular formula is C15H19N3S. The third kappa shape index (κ3) is 3.13. The van der Waals surface area contributed by atoms with Crippen LogP contribution in [-0.4, -0.2) is 17.4 Å². The standard InChI is InChI=1S/C15H19N3S/c19-15(17-14-9-12-6-7-13(14)8-12)18-16-10-11-4-2-1-3-5-11/h1-5,10,12-14H,6-9H2,(H2,17,18,19)/b16-10-/t12-,13-,14+/m1/s1. The number of hydrogen-bond donors (Lipinski definition) is 2. The van der Waals surface area contributed by atoms with Gasteiger partial charge in [0.1, 0.15) is 0 Å². The fourth-order valence-corrected chi connectivity index (χ4v) is 3.53. The van der Waals surface area contributed by atoms with E-state index in [0.717, 1.165) is 17.4 Å². The minimum Gasteiger partial charge on any atom is -0.358 e. The van der Waals surface area contributed by atoms with Crippen molar-refractivity contribution in [2.24, 2.45) is 16.9 Å². The van der Waals surface area contributed by atoms with Gasteiger partial charge in [-0.15, -0.1) is 0 Å². The van der Waals surface area contributed by atoms with Crippen molar-refractivity contribution in [3.63, 3.8) is 0 Å². The van der Waals surface area contributed by atoms with E-state index >= 15 is 0 Å². The van der Waals surface area contributed by atoms with E-state index in [0.29, 0.717) is 11.2 Å². The summed E-state index contributed by atoms with van der Waals surface area (Å²) in [6.07, 6.45) is 7.21. The lowest BCUT2D eigenvalue weighted by molar-refractivity contribution is 0.389. The highest BCUT2D eigenvalue weighted by atomic mass is 32.1. The van der Waals surface area contributed by atoms with Crippen molar-refractivity contribution in [1.29, 1.82) is 0 Å². The normalized spacial score (nSPS) is 28.7. The third-order valence-corrected chi connectivity index (χ3v) is 4.44. The van der Waals surface area contributed by atoms with E-state index in [1.165, 1.54) is 25.7 Å². The number of nitrogens with one attached hydrogen (secondary N) is 2. The molecule has 0 amide bonds. The van der Waals surface area contributed by atoms with Crippen LogP contribution >= 0.6 is 12.2 Å². The summed E-state index contributed by atoms with van der Waals surface area (Å²) in [5, 5.41) is 8.21. The summed E-state index contributed by atoms with van der Waals surface area (Å²) in [7, 11) is 0. The Labute approximate surface area is 119 Å². The molecule has 0 spiro atoms. The summed E-state index contributed by atoms with van der Waals surface area (Å²) in [6, 6.07) is 10.6. The van der Waals surface area contributed by atoms with Crippen molar-refractivity contribution in [2.75, 3.05) is 0 Å². The Morgan fingerprint density at radius 1 is 1.21 bits per heavy atom. The van der Waals surface area contributed by atoms with Gasteiger partial charge in [0.15, 0.2) is 5.11 Å². The molecule has 2 N–H and O–H groups in total. The molecule has 0 aliphatic heterocycles. The van der Waals surface area contributed by atoms with E-state index in [2.05, 4.69) is 15.8 Å². The second kappa shape index (κ2) is 5.70. The number of hydrazone groups is 1. The van der Waals surface area contributed by atoms with Gasteiger partial charge in [0, 0.05) is 6.04 Å². The molecule has 2 fully saturated rings. The molecule has 100 valence electrons. The molecule has 19 heavy (non-hydrogen) atoms. The molecule has 2 saturated carbocycles. The number of benzene rings is 1. The van der Waals surface area contributed by atoms with Crippen LogP contribution in [0.25, 0.3) is 0 Å². The summed E-state index contributed by atoms with van der Waals surface area (Å²) in [5.41, 5.74) is 3.97. The first-order valence-electron chi connectivity index (χ1n) is 6.96. The quantitative estimate of drug-likeness (QED) is 0.505. The Bertz CT molecular complexity index is 472. The maximum atomic E-state index is 5.29. The van der Waals surface area contributed by atoms with Crippen LogP contribution in [0.4, 0.5) is 0 Å². The summed E-state index contributed by atoms with van der Waals surface area (Å²) in [4.78, 5) is 0. The fraction of sp³-hybridized carbons (Fsp3) is 0.467. The molecule has 0 radical (unpaired) electrons. The van der Waals surface area contributed by atoms with Crippen LogP contribution in [0.3, 0.4) is 0 Å². The van der Waals surface area contributed by atoms with Gasteiger partial charge in [-0.05, 0) is 48.9 Å². The van der Waals surface area contributed by atoms with E-state index in [4.69, 9.17) is 12.2 Å². The van der Waals surface area contributed by atoms with Gasteiger partial charge in [-0.2, -0.15) is 5.10 Å². The lowest BCUT2D eigenvalue weighted by atomic mass is 9.96. The van der Waals surface area contributed by atoms with Crippen LogP contribution in [0.2, 0.25) is 0 Å². The maximum Gasteiger partial charge on any atom is 0.187 e. The lowest BCUT2D eigenvalue weighted by Gasteiger charge is -2.23. The smallest absolute Gasteiger partial charge is 0.187 e. The fourth-order valence-electron chi connectivity index (χ4n) is 3.33. The number of thiocarbonyl (C=S) groups is 1. The Kier molecular flexibility index (Phi) is 3.78. The molecule has 3 rings (SSSR count). The molecule has 0 unspecified atom stereocenters. The van der Waals surface area contributed by atoms with Gasteiger partial charge in [0.2, 0.25) is 0 Å². The minimum absolute atomic E-state index is 0.561. The van der Waals surface area contributed by atoms with Gasteiger partial charge >= 0.3 is 0 Å². The zero-order chi connectivity index (χ0) is 13.1. The predicted octanol–water partition coefficient (Wildman–Crippen LogP) is 2.67.